The second-order valence-electron chi connectivity index (χ2n) is 5.58. The Labute approximate surface area is 153 Å². The number of anilines is 1. The Bertz CT molecular complexity index is 950. The molecule has 0 spiro atoms. The molecule has 126 valence electrons. The van der Waals surface area contributed by atoms with Crippen LogP contribution in [0.5, 0.6) is 0 Å². The Morgan fingerprint density at radius 1 is 1.28 bits per heavy atom. The summed E-state index contributed by atoms with van der Waals surface area (Å²) in [7, 11) is 0. The Kier molecular flexibility index (Phi) is 5.00. The van der Waals surface area contributed by atoms with Gasteiger partial charge in [-0.3, -0.25) is 0 Å². The van der Waals surface area contributed by atoms with Gasteiger partial charge in [-0.25, -0.2) is 10.4 Å². The topological polar surface area (TPSA) is 87.4 Å². The van der Waals surface area contributed by atoms with Crippen LogP contribution in [0.3, 0.4) is 0 Å². The second-order valence-corrected chi connectivity index (χ2v) is 6.49. The van der Waals surface area contributed by atoms with Crippen LogP contribution in [0.4, 0.5) is 5.88 Å². The normalized spacial score (nSPS) is 11.2. The molecule has 0 atom stereocenters. The van der Waals surface area contributed by atoms with Crippen molar-refractivity contribution in [3.8, 4) is 17.4 Å². The van der Waals surface area contributed by atoms with Gasteiger partial charge in [0, 0.05) is 16.0 Å². The van der Waals surface area contributed by atoms with Gasteiger partial charge in [0.2, 0.25) is 11.6 Å². The Balaban J connectivity index is 1.73. The first-order chi connectivity index (χ1) is 12.1. The van der Waals surface area contributed by atoms with Crippen LogP contribution < -0.4 is 5.43 Å². The molecule has 25 heavy (non-hydrogen) atoms. The van der Waals surface area contributed by atoms with Crippen LogP contribution in [0, 0.1) is 11.3 Å². The van der Waals surface area contributed by atoms with Crippen molar-refractivity contribution >= 4 is 28.0 Å². The molecule has 2 heterocycles. The van der Waals surface area contributed by atoms with Crippen LogP contribution in [0.1, 0.15) is 37.1 Å². The molecule has 0 unspecified atom stereocenters. The Morgan fingerprint density at radius 2 is 2.12 bits per heavy atom. The molecule has 0 fully saturated rings. The number of nitrogens with one attached hydrogen (secondary N) is 1. The minimum absolute atomic E-state index is 0.0875. The quantitative estimate of drug-likeness (QED) is 0.474. The van der Waals surface area contributed by atoms with Gasteiger partial charge in [-0.1, -0.05) is 41.9 Å². The molecule has 6 nitrogen and oxygen atoms in total. The summed E-state index contributed by atoms with van der Waals surface area (Å²) in [5.74, 6) is 2.11. The van der Waals surface area contributed by atoms with Crippen LogP contribution in [-0.2, 0) is 0 Å². The van der Waals surface area contributed by atoms with Crippen molar-refractivity contribution in [3.05, 3.63) is 58.2 Å². The summed E-state index contributed by atoms with van der Waals surface area (Å²) in [6.07, 6.45) is 1.51. The number of nitrogens with zero attached hydrogens (tertiary/aromatic N) is 3. The van der Waals surface area contributed by atoms with Gasteiger partial charge in [0.25, 0.3) is 5.88 Å². The van der Waals surface area contributed by atoms with E-state index in [9.17, 15) is 0 Å². The van der Waals surface area contributed by atoms with Crippen molar-refractivity contribution in [2.75, 3.05) is 5.43 Å². The third kappa shape index (κ3) is 3.98. The molecule has 0 aliphatic heterocycles. The molecule has 2 aromatic heterocycles. The lowest BCUT2D eigenvalue weighted by molar-refractivity contribution is 0.481. The highest BCUT2D eigenvalue weighted by Crippen LogP contribution is 2.25. The lowest BCUT2D eigenvalue weighted by Crippen LogP contribution is -1.90. The number of furan rings is 1. The second kappa shape index (κ2) is 7.36. The van der Waals surface area contributed by atoms with E-state index in [1.165, 1.54) is 6.21 Å². The molecule has 1 aromatic carbocycles. The maximum absolute atomic E-state index is 9.09. The van der Waals surface area contributed by atoms with Crippen molar-refractivity contribution in [2.24, 2.45) is 5.10 Å². The summed E-state index contributed by atoms with van der Waals surface area (Å²) in [5.41, 5.74) is 3.84. The largest absolute Gasteiger partial charge is 0.455 e. The molecule has 7 heteroatoms. The third-order valence-corrected chi connectivity index (χ3v) is 3.83. The number of halogens is 1. The lowest BCUT2D eigenvalue weighted by atomic mass is 10.2. The average molecular weight is 399 g/mol. The Morgan fingerprint density at radius 3 is 2.84 bits per heavy atom. The number of nitriles is 1. The fraction of sp³-hybridized carbons (Fsp3) is 0.167. The first kappa shape index (κ1) is 17.0. The lowest BCUT2D eigenvalue weighted by Gasteiger charge is -1.97. The number of rotatable bonds is 5. The predicted molar refractivity (Wildman–Crippen MR) is 98.4 cm³/mol. The first-order valence-corrected chi connectivity index (χ1v) is 8.42. The Hall–Kier alpha value is -2.85. The van der Waals surface area contributed by atoms with Gasteiger partial charge in [0.05, 0.1) is 6.21 Å². The smallest absolute Gasteiger partial charge is 0.252 e. The molecule has 3 rings (SSSR count). The van der Waals surface area contributed by atoms with Crippen molar-refractivity contribution in [1.29, 1.82) is 5.26 Å². The predicted octanol–water partition coefficient (Wildman–Crippen LogP) is 5.14. The molecule has 0 radical (unpaired) electrons. The SMILES string of the molecule is CC(C)c1nc(C#N)c(NN=Cc2ccc(-c3cccc(Br)c3)o2)o1. The van der Waals surface area contributed by atoms with E-state index in [1.807, 2.05) is 56.3 Å². The summed E-state index contributed by atoms with van der Waals surface area (Å²) >= 11 is 3.44. The minimum atomic E-state index is 0.0875. The molecule has 1 N–H and O–H groups in total. The standard InChI is InChI=1S/C18H15BrN4O2/c1-11(2)17-22-15(9-20)18(25-17)23-21-10-14-6-7-16(24-14)12-4-3-5-13(19)8-12/h3-8,10-11,23H,1-2H3. The summed E-state index contributed by atoms with van der Waals surface area (Å²) in [5, 5.41) is 13.1. The van der Waals surface area contributed by atoms with Crippen LogP contribution in [0.25, 0.3) is 11.3 Å². The van der Waals surface area contributed by atoms with Crippen LogP contribution in [-0.4, -0.2) is 11.2 Å². The molecule has 0 saturated heterocycles. The first-order valence-electron chi connectivity index (χ1n) is 7.62. The van der Waals surface area contributed by atoms with Gasteiger partial charge < -0.3 is 8.83 Å². The highest BCUT2D eigenvalue weighted by molar-refractivity contribution is 9.10. The van der Waals surface area contributed by atoms with Gasteiger partial charge in [-0.15, -0.1) is 0 Å². The van der Waals surface area contributed by atoms with Gasteiger partial charge in [0.15, 0.2) is 0 Å². The highest BCUT2D eigenvalue weighted by atomic mass is 79.9. The molecule has 0 aliphatic rings. The van der Waals surface area contributed by atoms with Crippen molar-refractivity contribution in [1.82, 2.24) is 4.98 Å². The van der Waals surface area contributed by atoms with Crippen LogP contribution in [0.15, 0.2) is 54.8 Å². The fourth-order valence-electron chi connectivity index (χ4n) is 2.11. The molecule has 0 amide bonds. The maximum Gasteiger partial charge on any atom is 0.252 e. The summed E-state index contributed by atoms with van der Waals surface area (Å²) in [6.45, 7) is 3.87. The van der Waals surface area contributed by atoms with Crippen LogP contribution >= 0.6 is 15.9 Å². The number of hydrogen-bond acceptors (Lipinski definition) is 6. The number of oxazole rings is 1. The van der Waals surface area contributed by atoms with E-state index in [-0.39, 0.29) is 17.5 Å². The minimum Gasteiger partial charge on any atom is -0.455 e. The zero-order valence-corrected chi connectivity index (χ0v) is 15.2. The van der Waals surface area contributed by atoms with E-state index in [4.69, 9.17) is 14.1 Å². The summed E-state index contributed by atoms with van der Waals surface area (Å²) in [4.78, 5) is 4.11. The van der Waals surface area contributed by atoms with Crippen molar-refractivity contribution < 1.29 is 8.83 Å². The molecular weight excluding hydrogens is 384 g/mol. The van der Waals surface area contributed by atoms with Gasteiger partial charge in [0.1, 0.15) is 17.6 Å². The molecule has 0 bridgehead atoms. The highest BCUT2D eigenvalue weighted by Gasteiger charge is 2.14. The molecular formula is C18H15BrN4O2. The molecule has 3 aromatic rings. The van der Waals surface area contributed by atoms with E-state index >= 15 is 0 Å². The van der Waals surface area contributed by atoms with E-state index in [1.54, 1.807) is 0 Å². The summed E-state index contributed by atoms with van der Waals surface area (Å²) in [6, 6.07) is 13.5. The zero-order chi connectivity index (χ0) is 17.8. The van der Waals surface area contributed by atoms with E-state index < -0.39 is 0 Å². The van der Waals surface area contributed by atoms with Crippen molar-refractivity contribution in [2.45, 2.75) is 19.8 Å². The average Bonchev–Trinajstić information content (AvgIpc) is 3.22. The number of hydrogen-bond donors (Lipinski definition) is 1. The zero-order valence-electron chi connectivity index (χ0n) is 13.7. The van der Waals surface area contributed by atoms with Gasteiger partial charge in [-0.2, -0.15) is 10.4 Å². The fourth-order valence-corrected chi connectivity index (χ4v) is 2.51. The number of hydrazone groups is 1. The van der Waals surface area contributed by atoms with Gasteiger partial charge >= 0.3 is 0 Å². The molecule has 0 saturated carbocycles. The van der Waals surface area contributed by atoms with Crippen LogP contribution in [0.2, 0.25) is 0 Å². The molecule has 0 aliphatic carbocycles. The number of benzene rings is 1. The van der Waals surface area contributed by atoms with E-state index in [0.29, 0.717) is 11.7 Å². The van der Waals surface area contributed by atoms with E-state index in [0.717, 1.165) is 15.8 Å². The monoisotopic (exact) mass is 398 g/mol. The van der Waals surface area contributed by atoms with Crippen molar-refractivity contribution in [3.63, 3.8) is 0 Å². The summed E-state index contributed by atoms with van der Waals surface area (Å²) < 4.78 is 12.2. The van der Waals surface area contributed by atoms with Gasteiger partial charge in [-0.05, 0) is 24.3 Å². The maximum atomic E-state index is 9.09. The third-order valence-electron chi connectivity index (χ3n) is 3.34. The number of aromatic nitrogens is 1. The van der Waals surface area contributed by atoms with E-state index in [2.05, 4.69) is 31.4 Å².